The van der Waals surface area contributed by atoms with Crippen molar-refractivity contribution in [3.8, 4) is 0 Å². The van der Waals surface area contributed by atoms with Gasteiger partial charge < -0.3 is 4.74 Å². The molecule has 0 saturated carbocycles. The van der Waals surface area contributed by atoms with Crippen molar-refractivity contribution in [3.63, 3.8) is 0 Å². The first kappa shape index (κ1) is 11.6. The standard InChI is InChI=1S/C11H14O4S/c12-16(13,14)8-9-1-3-10(4-2-9)11-5-6-15-7-11/h1-4,11H,5-8H2,(H,12,13,14)/t11-/m1/s1. The van der Waals surface area contributed by atoms with Crippen LogP contribution in [0.4, 0.5) is 0 Å². The van der Waals surface area contributed by atoms with Crippen LogP contribution >= 0.6 is 0 Å². The van der Waals surface area contributed by atoms with Crippen LogP contribution in [0.25, 0.3) is 0 Å². The molecule has 1 saturated heterocycles. The molecule has 0 aliphatic carbocycles. The highest BCUT2D eigenvalue weighted by molar-refractivity contribution is 7.85. The van der Waals surface area contributed by atoms with Crippen LogP contribution in [-0.4, -0.2) is 26.2 Å². The molecule has 1 aromatic rings. The Labute approximate surface area is 95.0 Å². The first-order valence-corrected chi connectivity index (χ1v) is 6.77. The Morgan fingerprint density at radius 3 is 2.50 bits per heavy atom. The maximum absolute atomic E-state index is 10.7. The summed E-state index contributed by atoms with van der Waals surface area (Å²) in [6.07, 6.45) is 1.01. The van der Waals surface area contributed by atoms with Crippen molar-refractivity contribution in [2.75, 3.05) is 13.2 Å². The minimum Gasteiger partial charge on any atom is -0.381 e. The van der Waals surface area contributed by atoms with Gasteiger partial charge in [0.25, 0.3) is 10.1 Å². The van der Waals surface area contributed by atoms with Gasteiger partial charge in [0.05, 0.1) is 6.61 Å². The Morgan fingerprint density at radius 1 is 1.31 bits per heavy atom. The first-order chi connectivity index (χ1) is 7.54. The van der Waals surface area contributed by atoms with Gasteiger partial charge in [-0.3, -0.25) is 4.55 Å². The van der Waals surface area contributed by atoms with E-state index in [1.165, 1.54) is 0 Å². The lowest BCUT2D eigenvalue weighted by Gasteiger charge is -2.08. The predicted molar refractivity (Wildman–Crippen MR) is 59.9 cm³/mol. The van der Waals surface area contributed by atoms with Gasteiger partial charge in [-0.1, -0.05) is 24.3 Å². The van der Waals surface area contributed by atoms with Gasteiger partial charge in [-0.05, 0) is 17.5 Å². The van der Waals surface area contributed by atoms with E-state index in [0.717, 1.165) is 25.2 Å². The summed E-state index contributed by atoms with van der Waals surface area (Å²) in [7, 11) is -3.93. The second-order valence-electron chi connectivity index (χ2n) is 4.03. The largest absolute Gasteiger partial charge is 0.381 e. The second-order valence-corrected chi connectivity index (χ2v) is 5.48. The van der Waals surface area contributed by atoms with Crippen LogP contribution in [0.1, 0.15) is 23.5 Å². The fraction of sp³-hybridized carbons (Fsp3) is 0.455. The lowest BCUT2D eigenvalue weighted by molar-refractivity contribution is 0.194. The summed E-state index contributed by atoms with van der Waals surface area (Å²) in [6.45, 7) is 1.52. The van der Waals surface area contributed by atoms with Crippen LogP contribution in [0, 0.1) is 0 Å². The normalized spacial score (nSPS) is 21.2. The van der Waals surface area contributed by atoms with Gasteiger partial charge in [0.15, 0.2) is 0 Å². The van der Waals surface area contributed by atoms with Gasteiger partial charge in [-0.2, -0.15) is 8.42 Å². The molecule has 1 N–H and O–H groups in total. The first-order valence-electron chi connectivity index (χ1n) is 5.16. The third kappa shape index (κ3) is 3.04. The molecular weight excluding hydrogens is 228 g/mol. The Morgan fingerprint density at radius 2 is 2.00 bits per heavy atom. The van der Waals surface area contributed by atoms with E-state index < -0.39 is 10.1 Å². The van der Waals surface area contributed by atoms with Gasteiger partial charge in [-0.15, -0.1) is 0 Å². The average Bonchev–Trinajstić information content (AvgIpc) is 2.69. The Hall–Kier alpha value is -0.910. The Kier molecular flexibility index (Phi) is 3.28. The predicted octanol–water partition coefficient (Wildman–Crippen LogP) is 1.58. The quantitative estimate of drug-likeness (QED) is 0.817. The minimum absolute atomic E-state index is 0.325. The van der Waals surface area contributed by atoms with Crippen molar-refractivity contribution in [3.05, 3.63) is 35.4 Å². The smallest absolute Gasteiger partial charge is 0.269 e. The average molecular weight is 242 g/mol. The van der Waals surface area contributed by atoms with Crippen LogP contribution < -0.4 is 0 Å². The lowest BCUT2D eigenvalue weighted by atomic mass is 9.98. The van der Waals surface area contributed by atoms with Crippen molar-refractivity contribution in [1.29, 1.82) is 0 Å². The molecule has 4 nitrogen and oxygen atoms in total. The minimum atomic E-state index is -3.93. The Bertz CT molecular complexity index is 443. The molecule has 0 radical (unpaired) electrons. The summed E-state index contributed by atoms with van der Waals surface area (Å²) < 4.78 is 35.3. The van der Waals surface area contributed by atoms with E-state index in [2.05, 4.69) is 0 Å². The SMILES string of the molecule is O=S(=O)(O)Cc1ccc([C@@H]2CCOC2)cc1. The highest BCUT2D eigenvalue weighted by atomic mass is 32.2. The molecule has 0 spiro atoms. The van der Waals surface area contributed by atoms with Crippen molar-refractivity contribution in [2.45, 2.75) is 18.1 Å². The van der Waals surface area contributed by atoms with Gasteiger partial charge in [-0.25, -0.2) is 0 Å². The van der Waals surface area contributed by atoms with Gasteiger partial charge in [0, 0.05) is 12.5 Å². The lowest BCUT2D eigenvalue weighted by Crippen LogP contribution is -2.02. The summed E-state index contributed by atoms with van der Waals surface area (Å²) >= 11 is 0. The van der Waals surface area contributed by atoms with Gasteiger partial charge in [0.2, 0.25) is 0 Å². The van der Waals surface area contributed by atoms with Crippen molar-refractivity contribution < 1.29 is 17.7 Å². The third-order valence-corrected chi connectivity index (χ3v) is 3.43. The molecule has 1 atom stereocenters. The summed E-state index contributed by atoms with van der Waals surface area (Å²) in [4.78, 5) is 0. The highest BCUT2D eigenvalue weighted by Crippen LogP contribution is 2.25. The highest BCUT2D eigenvalue weighted by Gasteiger charge is 2.17. The summed E-state index contributed by atoms with van der Waals surface area (Å²) in [5.74, 6) is 0.0915. The number of hydrogen-bond donors (Lipinski definition) is 1. The van der Waals surface area contributed by atoms with Crippen LogP contribution in [0.2, 0.25) is 0 Å². The van der Waals surface area contributed by atoms with Crippen LogP contribution in [0.15, 0.2) is 24.3 Å². The van der Waals surface area contributed by atoms with Crippen LogP contribution in [-0.2, 0) is 20.6 Å². The number of hydrogen-bond acceptors (Lipinski definition) is 3. The fourth-order valence-electron chi connectivity index (χ4n) is 1.89. The van der Waals surface area contributed by atoms with E-state index in [4.69, 9.17) is 9.29 Å². The molecule has 0 unspecified atom stereocenters. The monoisotopic (exact) mass is 242 g/mol. The Balaban J connectivity index is 2.10. The van der Waals surface area contributed by atoms with Crippen molar-refractivity contribution in [1.82, 2.24) is 0 Å². The number of ether oxygens (including phenoxy) is 1. The van der Waals surface area contributed by atoms with Crippen molar-refractivity contribution >= 4 is 10.1 Å². The third-order valence-electron chi connectivity index (χ3n) is 2.73. The van der Waals surface area contributed by atoms with E-state index in [1.807, 2.05) is 12.1 Å². The molecule has 1 aromatic carbocycles. The second kappa shape index (κ2) is 4.53. The van der Waals surface area contributed by atoms with E-state index in [1.54, 1.807) is 12.1 Å². The van der Waals surface area contributed by atoms with Crippen molar-refractivity contribution in [2.24, 2.45) is 0 Å². The molecular formula is C11H14O4S. The van der Waals surface area contributed by atoms with Gasteiger partial charge >= 0.3 is 0 Å². The molecule has 0 bridgehead atoms. The molecule has 5 heteroatoms. The zero-order valence-electron chi connectivity index (χ0n) is 8.80. The van der Waals surface area contributed by atoms with E-state index in [0.29, 0.717) is 11.5 Å². The maximum Gasteiger partial charge on any atom is 0.269 e. The molecule has 1 fully saturated rings. The van der Waals surface area contributed by atoms with E-state index in [-0.39, 0.29) is 5.75 Å². The van der Waals surface area contributed by atoms with Gasteiger partial charge in [0.1, 0.15) is 5.75 Å². The fourth-order valence-corrected chi connectivity index (χ4v) is 2.51. The molecule has 16 heavy (non-hydrogen) atoms. The van der Waals surface area contributed by atoms with Crippen LogP contribution in [0.5, 0.6) is 0 Å². The van der Waals surface area contributed by atoms with E-state index >= 15 is 0 Å². The number of rotatable bonds is 3. The number of benzene rings is 1. The summed E-state index contributed by atoms with van der Waals surface area (Å²) in [5, 5.41) is 0. The zero-order chi connectivity index (χ0) is 11.6. The molecule has 0 amide bonds. The summed E-state index contributed by atoms with van der Waals surface area (Å²) in [6, 6.07) is 7.28. The molecule has 88 valence electrons. The maximum atomic E-state index is 10.7. The molecule has 2 rings (SSSR count). The molecule has 1 heterocycles. The van der Waals surface area contributed by atoms with E-state index in [9.17, 15) is 8.42 Å². The van der Waals surface area contributed by atoms with Crippen LogP contribution in [0.3, 0.4) is 0 Å². The molecule has 1 aliphatic heterocycles. The topological polar surface area (TPSA) is 63.6 Å². The molecule has 1 aliphatic rings. The summed E-state index contributed by atoms with van der Waals surface area (Å²) in [5.41, 5.74) is 1.77. The zero-order valence-corrected chi connectivity index (χ0v) is 9.61. The molecule has 0 aromatic heterocycles.